The van der Waals surface area contributed by atoms with Gasteiger partial charge in [-0.1, -0.05) is 30.3 Å². The second kappa shape index (κ2) is 8.27. The first-order valence-electron chi connectivity index (χ1n) is 11.7. The van der Waals surface area contributed by atoms with Gasteiger partial charge in [0.25, 0.3) is 0 Å². The molecule has 172 valence electrons. The van der Waals surface area contributed by atoms with Crippen molar-refractivity contribution >= 4 is 17.0 Å². The molecule has 0 radical (unpaired) electrons. The number of aromatic nitrogens is 5. The van der Waals surface area contributed by atoms with Gasteiger partial charge in [0.15, 0.2) is 11.6 Å². The molecule has 3 aliphatic carbocycles. The van der Waals surface area contributed by atoms with E-state index >= 15 is 4.39 Å². The summed E-state index contributed by atoms with van der Waals surface area (Å²) in [5.74, 6) is -1.00. The van der Waals surface area contributed by atoms with Gasteiger partial charge in [-0.25, -0.2) is 24.3 Å². The van der Waals surface area contributed by atoms with Gasteiger partial charge in [-0.2, -0.15) is 0 Å². The molecule has 3 fully saturated rings. The van der Waals surface area contributed by atoms with E-state index in [0.717, 1.165) is 31.1 Å². The molecule has 0 saturated heterocycles. The molecule has 3 saturated carbocycles. The Kier molecular flexibility index (Phi) is 5.08. The van der Waals surface area contributed by atoms with E-state index in [9.17, 15) is 9.90 Å². The third-order valence-electron chi connectivity index (χ3n) is 7.67. The van der Waals surface area contributed by atoms with Gasteiger partial charge in [-0.05, 0) is 49.9 Å². The maximum Gasteiger partial charge on any atom is 0.307 e. The highest BCUT2D eigenvalue weighted by atomic mass is 19.1. The fraction of sp³-hybridized carbons (Fsp3) is 0.346. The SMILES string of the molecule is O=C(O)C1C2CCC(CC2)C1Cc1nc(-c2c[nH]c3ncncc23)nc(-c2ccccc2)c1F. The number of H-pyrrole nitrogens is 1. The lowest BCUT2D eigenvalue weighted by Crippen LogP contribution is -2.45. The third kappa shape index (κ3) is 3.45. The van der Waals surface area contributed by atoms with Crippen molar-refractivity contribution in [2.24, 2.45) is 23.7 Å². The maximum atomic E-state index is 15.9. The zero-order valence-corrected chi connectivity index (χ0v) is 18.5. The highest BCUT2D eigenvalue weighted by Crippen LogP contribution is 2.50. The van der Waals surface area contributed by atoms with Crippen LogP contribution in [0.4, 0.5) is 4.39 Å². The summed E-state index contributed by atoms with van der Waals surface area (Å²) < 4.78 is 15.9. The van der Waals surface area contributed by atoms with Crippen molar-refractivity contribution in [2.75, 3.05) is 0 Å². The Balaban J connectivity index is 1.49. The Morgan fingerprint density at radius 3 is 2.62 bits per heavy atom. The summed E-state index contributed by atoms with van der Waals surface area (Å²) in [5, 5.41) is 10.7. The number of aliphatic carboxylic acids is 1. The Hall–Kier alpha value is -3.68. The van der Waals surface area contributed by atoms with Gasteiger partial charge in [0.2, 0.25) is 0 Å². The van der Waals surface area contributed by atoms with Crippen molar-refractivity contribution in [3.63, 3.8) is 0 Å². The first kappa shape index (κ1) is 20.9. The summed E-state index contributed by atoms with van der Waals surface area (Å²) in [4.78, 5) is 32.9. The number of fused-ring (bicyclic) bond motifs is 4. The minimum Gasteiger partial charge on any atom is -0.481 e. The highest BCUT2D eigenvalue weighted by molar-refractivity contribution is 5.91. The van der Waals surface area contributed by atoms with Crippen LogP contribution < -0.4 is 0 Å². The van der Waals surface area contributed by atoms with Crippen molar-refractivity contribution in [2.45, 2.75) is 32.1 Å². The van der Waals surface area contributed by atoms with Gasteiger partial charge >= 0.3 is 5.97 Å². The molecule has 3 heterocycles. The fourth-order valence-corrected chi connectivity index (χ4v) is 6.06. The van der Waals surface area contributed by atoms with Crippen LogP contribution in [0.5, 0.6) is 0 Å². The van der Waals surface area contributed by atoms with Gasteiger partial charge in [0.1, 0.15) is 17.7 Å². The van der Waals surface area contributed by atoms with Crippen LogP contribution in [0, 0.1) is 29.5 Å². The molecular formula is C26H24FN5O2. The van der Waals surface area contributed by atoms with E-state index in [-0.39, 0.29) is 35.6 Å². The number of benzene rings is 1. The zero-order valence-electron chi connectivity index (χ0n) is 18.5. The van der Waals surface area contributed by atoms with Crippen LogP contribution in [0.25, 0.3) is 33.7 Å². The number of carboxylic acids is 1. The van der Waals surface area contributed by atoms with E-state index in [1.807, 2.05) is 30.3 Å². The predicted octanol–water partition coefficient (Wildman–Crippen LogP) is 4.90. The van der Waals surface area contributed by atoms with E-state index < -0.39 is 17.7 Å². The first-order chi connectivity index (χ1) is 16.6. The van der Waals surface area contributed by atoms with Crippen molar-refractivity contribution in [3.8, 4) is 22.6 Å². The number of aromatic amines is 1. The number of nitrogens with zero attached hydrogens (tertiary/aromatic N) is 4. The Bertz CT molecular complexity index is 1360. The molecule has 2 bridgehead atoms. The molecule has 7 rings (SSSR count). The Morgan fingerprint density at radius 1 is 1.09 bits per heavy atom. The van der Waals surface area contributed by atoms with Crippen LogP contribution in [0.3, 0.4) is 0 Å². The molecule has 2 atom stereocenters. The van der Waals surface area contributed by atoms with Crippen LogP contribution in [0.1, 0.15) is 31.4 Å². The van der Waals surface area contributed by atoms with Crippen molar-refractivity contribution in [3.05, 3.63) is 60.6 Å². The van der Waals surface area contributed by atoms with Crippen LogP contribution in [-0.4, -0.2) is 36.0 Å². The number of carboxylic acid groups (broad SMARTS) is 1. The van der Waals surface area contributed by atoms with Crippen LogP contribution in [-0.2, 0) is 11.2 Å². The zero-order chi connectivity index (χ0) is 23.2. The van der Waals surface area contributed by atoms with Gasteiger partial charge in [0, 0.05) is 28.9 Å². The molecule has 3 aromatic heterocycles. The lowest BCUT2D eigenvalue weighted by Gasteiger charge is -2.46. The number of hydrogen-bond acceptors (Lipinski definition) is 5. The number of halogens is 1. The van der Waals surface area contributed by atoms with Crippen LogP contribution in [0.2, 0.25) is 0 Å². The minimum absolute atomic E-state index is 0.128. The number of carbonyl (C=O) groups is 1. The molecule has 3 aliphatic rings. The Labute approximate surface area is 195 Å². The summed E-state index contributed by atoms with van der Waals surface area (Å²) >= 11 is 0. The van der Waals surface area contributed by atoms with Crippen molar-refractivity contribution in [1.82, 2.24) is 24.9 Å². The highest BCUT2D eigenvalue weighted by Gasteiger charge is 2.47. The number of rotatable bonds is 5. The second-order valence-electron chi connectivity index (χ2n) is 9.42. The molecule has 1 aromatic carbocycles. The van der Waals surface area contributed by atoms with Gasteiger partial charge < -0.3 is 10.1 Å². The molecular weight excluding hydrogens is 433 g/mol. The van der Waals surface area contributed by atoms with E-state index in [0.29, 0.717) is 22.6 Å². The van der Waals surface area contributed by atoms with Crippen molar-refractivity contribution in [1.29, 1.82) is 0 Å². The summed E-state index contributed by atoms with van der Waals surface area (Å²) in [6, 6.07) is 9.20. The average Bonchev–Trinajstić information content (AvgIpc) is 3.30. The number of nitrogens with one attached hydrogen (secondary N) is 1. The molecule has 4 aromatic rings. The normalized spacial score (nSPS) is 23.9. The summed E-state index contributed by atoms with van der Waals surface area (Å²) in [7, 11) is 0. The summed E-state index contributed by atoms with van der Waals surface area (Å²) in [6.07, 6.45) is 9.09. The molecule has 8 heteroatoms. The maximum absolute atomic E-state index is 15.9. The topological polar surface area (TPSA) is 105 Å². The average molecular weight is 458 g/mol. The third-order valence-corrected chi connectivity index (χ3v) is 7.67. The minimum atomic E-state index is -0.772. The first-order valence-corrected chi connectivity index (χ1v) is 11.7. The number of hydrogen-bond donors (Lipinski definition) is 2. The van der Waals surface area contributed by atoms with Crippen LogP contribution in [0.15, 0.2) is 49.1 Å². The standard InChI is InChI=1S/C26H24FN5O2/c27-22-20(10-17-14-6-8-15(9-7-14)21(17)26(33)34)31-25(32-23(22)16-4-2-1-3-5-16)19-12-29-24-18(19)11-28-13-30-24/h1-5,11-15,17,21H,6-10H2,(H,33,34)(H,28,29,30). The molecule has 34 heavy (non-hydrogen) atoms. The van der Waals surface area contributed by atoms with Gasteiger partial charge in [-0.3, -0.25) is 4.79 Å². The lowest BCUT2D eigenvalue weighted by molar-refractivity contribution is -0.152. The molecule has 0 aliphatic heterocycles. The fourth-order valence-electron chi connectivity index (χ4n) is 6.06. The van der Waals surface area contributed by atoms with Gasteiger partial charge in [-0.15, -0.1) is 0 Å². The lowest BCUT2D eigenvalue weighted by atomic mass is 9.57. The Morgan fingerprint density at radius 2 is 1.85 bits per heavy atom. The van der Waals surface area contributed by atoms with Crippen molar-refractivity contribution < 1.29 is 14.3 Å². The van der Waals surface area contributed by atoms with E-state index in [1.165, 1.54) is 6.33 Å². The predicted molar refractivity (Wildman–Crippen MR) is 124 cm³/mol. The molecule has 2 unspecified atom stereocenters. The van der Waals surface area contributed by atoms with E-state index in [1.54, 1.807) is 12.4 Å². The quantitative estimate of drug-likeness (QED) is 0.442. The largest absolute Gasteiger partial charge is 0.481 e. The molecule has 7 nitrogen and oxygen atoms in total. The smallest absolute Gasteiger partial charge is 0.307 e. The molecule has 0 spiro atoms. The monoisotopic (exact) mass is 457 g/mol. The van der Waals surface area contributed by atoms with E-state index in [2.05, 4.69) is 24.9 Å². The van der Waals surface area contributed by atoms with Gasteiger partial charge in [0.05, 0.1) is 11.6 Å². The molecule has 2 N–H and O–H groups in total. The van der Waals surface area contributed by atoms with Crippen LogP contribution >= 0.6 is 0 Å². The molecule has 0 amide bonds. The summed E-state index contributed by atoms with van der Waals surface area (Å²) in [6.45, 7) is 0. The van der Waals surface area contributed by atoms with E-state index in [4.69, 9.17) is 0 Å². The second-order valence-corrected chi connectivity index (χ2v) is 9.42. The summed E-state index contributed by atoms with van der Waals surface area (Å²) in [5.41, 5.74) is 2.49.